The first-order chi connectivity index (χ1) is 10.2. The highest BCUT2D eigenvalue weighted by atomic mass is 32.2. The molecule has 0 spiro atoms. The number of hydrogen-bond donors (Lipinski definition) is 0. The molecular formula is C15H17F3N2OS. The molecule has 1 aliphatic rings. The number of rotatable bonds is 3. The van der Waals surface area contributed by atoms with Crippen molar-refractivity contribution in [1.82, 2.24) is 4.90 Å². The van der Waals surface area contributed by atoms with Crippen LogP contribution in [-0.2, 0) is 4.79 Å². The average Bonchev–Trinajstić information content (AvgIpc) is 2.81. The molecule has 3 nitrogen and oxygen atoms in total. The molecule has 0 saturated heterocycles. The molecule has 0 bridgehead atoms. The largest absolute Gasteiger partial charge is 0.413 e. The highest BCUT2D eigenvalue weighted by Gasteiger charge is 2.46. The SMILES string of the molecule is CC(C)[C@@H]1SC(N(C)[C@@H](c2ccccc2)C(F)(F)F)=NC1=O. The third-order valence-corrected chi connectivity index (χ3v) is 4.99. The molecule has 120 valence electrons. The van der Waals surface area contributed by atoms with E-state index in [1.807, 2.05) is 13.8 Å². The molecule has 0 aliphatic carbocycles. The number of hydrogen-bond acceptors (Lipinski definition) is 3. The number of nitrogens with zero attached hydrogens (tertiary/aromatic N) is 2. The van der Waals surface area contributed by atoms with Crippen molar-refractivity contribution in [3.05, 3.63) is 35.9 Å². The summed E-state index contributed by atoms with van der Waals surface area (Å²) >= 11 is 1.10. The van der Waals surface area contributed by atoms with Gasteiger partial charge in [-0.25, -0.2) is 0 Å². The highest BCUT2D eigenvalue weighted by molar-refractivity contribution is 8.15. The second kappa shape index (κ2) is 6.32. The van der Waals surface area contributed by atoms with Crippen LogP contribution in [0.3, 0.4) is 0 Å². The fraction of sp³-hybridized carbons (Fsp3) is 0.467. The quantitative estimate of drug-likeness (QED) is 0.843. The second-order valence-corrected chi connectivity index (χ2v) is 6.59. The first-order valence-electron chi connectivity index (χ1n) is 6.85. The van der Waals surface area contributed by atoms with Crippen molar-refractivity contribution < 1.29 is 18.0 Å². The lowest BCUT2D eigenvalue weighted by atomic mass is 10.1. The Bertz CT molecular complexity index is 572. The van der Waals surface area contributed by atoms with E-state index in [1.54, 1.807) is 18.2 Å². The number of amides is 1. The van der Waals surface area contributed by atoms with Gasteiger partial charge in [0, 0.05) is 7.05 Å². The van der Waals surface area contributed by atoms with Gasteiger partial charge in [-0.15, -0.1) is 0 Å². The molecule has 7 heteroatoms. The highest BCUT2D eigenvalue weighted by Crippen LogP contribution is 2.40. The van der Waals surface area contributed by atoms with Crippen LogP contribution in [0.25, 0.3) is 0 Å². The zero-order valence-corrected chi connectivity index (χ0v) is 13.3. The van der Waals surface area contributed by atoms with Crippen LogP contribution in [0, 0.1) is 5.92 Å². The number of thioether (sulfide) groups is 1. The molecule has 1 heterocycles. The van der Waals surface area contributed by atoms with Gasteiger partial charge in [-0.2, -0.15) is 18.2 Å². The third kappa shape index (κ3) is 3.45. The zero-order valence-electron chi connectivity index (χ0n) is 12.5. The predicted molar refractivity (Wildman–Crippen MR) is 81.7 cm³/mol. The van der Waals surface area contributed by atoms with Gasteiger partial charge in [-0.1, -0.05) is 55.9 Å². The van der Waals surface area contributed by atoms with E-state index in [4.69, 9.17) is 0 Å². The van der Waals surface area contributed by atoms with Crippen molar-refractivity contribution >= 4 is 22.8 Å². The molecule has 1 aliphatic heterocycles. The summed E-state index contributed by atoms with van der Waals surface area (Å²) in [7, 11) is 1.33. The minimum atomic E-state index is -4.46. The maximum atomic E-state index is 13.5. The van der Waals surface area contributed by atoms with Crippen molar-refractivity contribution in [3.8, 4) is 0 Å². The van der Waals surface area contributed by atoms with Crippen LogP contribution in [0.5, 0.6) is 0 Å². The minimum Gasteiger partial charge on any atom is -0.338 e. The molecule has 0 radical (unpaired) electrons. The summed E-state index contributed by atoms with van der Waals surface area (Å²) in [6, 6.07) is 5.82. The normalized spacial score (nSPS) is 20.2. The third-order valence-electron chi connectivity index (χ3n) is 3.40. The van der Waals surface area contributed by atoms with E-state index in [0.717, 1.165) is 16.7 Å². The van der Waals surface area contributed by atoms with Crippen LogP contribution >= 0.6 is 11.8 Å². The van der Waals surface area contributed by atoms with E-state index in [1.165, 1.54) is 19.2 Å². The van der Waals surface area contributed by atoms with Crippen molar-refractivity contribution in [2.24, 2.45) is 10.9 Å². The number of benzene rings is 1. The Kier molecular flexibility index (Phi) is 4.84. The lowest BCUT2D eigenvalue weighted by Gasteiger charge is -2.31. The molecular weight excluding hydrogens is 313 g/mol. The minimum absolute atomic E-state index is 0.0215. The van der Waals surface area contributed by atoms with Crippen LogP contribution in [0.15, 0.2) is 35.3 Å². The van der Waals surface area contributed by atoms with Crippen molar-refractivity contribution in [2.45, 2.75) is 31.3 Å². The summed E-state index contributed by atoms with van der Waals surface area (Å²) in [6.07, 6.45) is -4.46. The maximum Gasteiger partial charge on any atom is 0.413 e. The maximum absolute atomic E-state index is 13.5. The Morgan fingerprint density at radius 2 is 1.82 bits per heavy atom. The Morgan fingerprint density at radius 1 is 1.23 bits per heavy atom. The summed E-state index contributed by atoms with van der Waals surface area (Å²) in [6.45, 7) is 3.71. The first-order valence-corrected chi connectivity index (χ1v) is 7.73. The smallest absolute Gasteiger partial charge is 0.338 e. The molecule has 1 aromatic rings. The van der Waals surface area contributed by atoms with Crippen LogP contribution in [-0.4, -0.2) is 34.4 Å². The summed E-state index contributed by atoms with van der Waals surface area (Å²) in [5, 5.41) is -0.294. The molecule has 0 saturated carbocycles. The Labute approximate surface area is 131 Å². The fourth-order valence-corrected chi connectivity index (χ4v) is 3.38. The van der Waals surface area contributed by atoms with Crippen molar-refractivity contribution in [1.29, 1.82) is 0 Å². The molecule has 0 fully saturated rings. The zero-order chi connectivity index (χ0) is 16.5. The van der Waals surface area contributed by atoms with Gasteiger partial charge < -0.3 is 4.90 Å². The van der Waals surface area contributed by atoms with E-state index < -0.39 is 17.5 Å². The average molecular weight is 330 g/mol. The van der Waals surface area contributed by atoms with Crippen LogP contribution in [0.2, 0.25) is 0 Å². The van der Waals surface area contributed by atoms with Crippen molar-refractivity contribution in [3.63, 3.8) is 0 Å². The predicted octanol–water partition coefficient (Wildman–Crippen LogP) is 3.88. The van der Waals surface area contributed by atoms with Gasteiger partial charge >= 0.3 is 6.18 Å². The molecule has 0 N–H and O–H groups in total. The van der Waals surface area contributed by atoms with E-state index >= 15 is 0 Å². The van der Waals surface area contributed by atoms with E-state index in [9.17, 15) is 18.0 Å². The topological polar surface area (TPSA) is 32.7 Å². The first kappa shape index (κ1) is 16.9. The van der Waals surface area contributed by atoms with Gasteiger partial charge in [-0.05, 0) is 11.5 Å². The summed E-state index contributed by atoms with van der Waals surface area (Å²) < 4.78 is 40.4. The number of halogens is 3. The molecule has 0 unspecified atom stereocenters. The Morgan fingerprint density at radius 3 is 2.27 bits per heavy atom. The summed E-state index contributed by atoms with van der Waals surface area (Å²) in [5.41, 5.74) is 0.126. The van der Waals surface area contributed by atoms with Crippen molar-refractivity contribution in [2.75, 3.05) is 7.05 Å². The Hall–Kier alpha value is -1.50. The van der Waals surface area contributed by atoms with Gasteiger partial charge in [-0.3, -0.25) is 4.79 Å². The van der Waals surface area contributed by atoms with Gasteiger partial charge in [0.1, 0.15) is 0 Å². The molecule has 22 heavy (non-hydrogen) atoms. The summed E-state index contributed by atoms with van der Waals surface area (Å²) in [5.74, 6) is -0.343. The number of amidine groups is 1. The summed E-state index contributed by atoms with van der Waals surface area (Å²) in [4.78, 5) is 16.7. The Balaban J connectivity index is 2.30. The molecule has 2 rings (SSSR count). The molecule has 0 aromatic heterocycles. The number of aliphatic imine (C=N–C) groups is 1. The second-order valence-electron chi connectivity index (χ2n) is 5.48. The van der Waals surface area contributed by atoms with E-state index in [2.05, 4.69) is 4.99 Å². The van der Waals surface area contributed by atoms with Gasteiger partial charge in [0.05, 0.1) is 5.25 Å². The monoisotopic (exact) mass is 330 g/mol. The molecule has 2 atom stereocenters. The van der Waals surface area contributed by atoms with Crippen LogP contribution in [0.1, 0.15) is 25.5 Å². The number of carbonyl (C=O) groups excluding carboxylic acids is 1. The molecule has 1 amide bonds. The van der Waals surface area contributed by atoms with E-state index in [0.29, 0.717) is 0 Å². The van der Waals surface area contributed by atoms with E-state index in [-0.39, 0.29) is 22.6 Å². The lowest BCUT2D eigenvalue weighted by Crippen LogP contribution is -2.38. The lowest BCUT2D eigenvalue weighted by molar-refractivity contribution is -0.173. The number of carbonyl (C=O) groups is 1. The number of alkyl halides is 3. The standard InChI is InChI=1S/C15H17F3N2OS/c1-9(2)11-13(21)19-14(22-11)20(3)12(15(16,17)18)10-7-5-4-6-8-10/h4-9,11-12H,1-3H3/t11-,12-/m0/s1. The fourth-order valence-electron chi connectivity index (χ4n) is 2.31. The van der Waals surface area contributed by atoms with Crippen LogP contribution < -0.4 is 0 Å². The van der Waals surface area contributed by atoms with Gasteiger partial charge in [0.2, 0.25) is 0 Å². The van der Waals surface area contributed by atoms with Gasteiger partial charge in [0.15, 0.2) is 11.2 Å². The molecule has 1 aromatic carbocycles. The van der Waals surface area contributed by atoms with Crippen LogP contribution in [0.4, 0.5) is 13.2 Å². The van der Waals surface area contributed by atoms with Gasteiger partial charge in [0.25, 0.3) is 5.91 Å².